The van der Waals surface area contributed by atoms with Crippen molar-refractivity contribution in [2.75, 3.05) is 19.3 Å². The largest absolute Gasteiger partial charge is 0.381 e. The first-order valence-corrected chi connectivity index (χ1v) is 5.88. The van der Waals surface area contributed by atoms with Crippen molar-refractivity contribution in [3.05, 3.63) is 47.2 Å². The second-order valence-electron chi connectivity index (χ2n) is 4.44. The number of benzene rings is 1. The Morgan fingerprint density at radius 3 is 2.74 bits per heavy atom. The third-order valence-corrected chi connectivity index (χ3v) is 2.78. The van der Waals surface area contributed by atoms with Crippen LogP contribution in [0.5, 0.6) is 0 Å². The molecular formula is C13H15F2N3O. The van der Waals surface area contributed by atoms with E-state index >= 15 is 0 Å². The Morgan fingerprint density at radius 1 is 1.32 bits per heavy atom. The SMILES string of the molecule is CN(CCc1ccc(F)cc1F)Cc1cc(N)no1. The van der Waals surface area contributed by atoms with Crippen molar-refractivity contribution in [2.45, 2.75) is 13.0 Å². The zero-order valence-corrected chi connectivity index (χ0v) is 10.6. The second-order valence-corrected chi connectivity index (χ2v) is 4.44. The van der Waals surface area contributed by atoms with Gasteiger partial charge in [0.05, 0.1) is 6.54 Å². The maximum absolute atomic E-state index is 13.4. The predicted molar refractivity (Wildman–Crippen MR) is 67.3 cm³/mol. The molecular weight excluding hydrogens is 252 g/mol. The summed E-state index contributed by atoms with van der Waals surface area (Å²) in [6, 6.07) is 5.27. The summed E-state index contributed by atoms with van der Waals surface area (Å²) in [7, 11) is 1.88. The van der Waals surface area contributed by atoms with Gasteiger partial charge in [-0.2, -0.15) is 0 Å². The van der Waals surface area contributed by atoms with E-state index in [0.29, 0.717) is 36.7 Å². The summed E-state index contributed by atoms with van der Waals surface area (Å²) in [5.74, 6) is -0.0865. The molecule has 0 saturated heterocycles. The summed E-state index contributed by atoms with van der Waals surface area (Å²) in [5, 5.41) is 3.59. The number of aromatic nitrogens is 1. The monoisotopic (exact) mass is 267 g/mol. The highest BCUT2D eigenvalue weighted by Gasteiger charge is 2.08. The molecule has 0 bridgehead atoms. The van der Waals surface area contributed by atoms with Gasteiger partial charge in [0.1, 0.15) is 11.6 Å². The molecule has 19 heavy (non-hydrogen) atoms. The third-order valence-electron chi connectivity index (χ3n) is 2.78. The van der Waals surface area contributed by atoms with E-state index in [4.69, 9.17) is 10.3 Å². The number of halogens is 2. The topological polar surface area (TPSA) is 55.3 Å². The molecule has 2 rings (SSSR count). The van der Waals surface area contributed by atoms with Gasteiger partial charge in [-0.05, 0) is 25.1 Å². The Hall–Kier alpha value is -1.95. The minimum absolute atomic E-state index is 0.341. The summed E-state index contributed by atoms with van der Waals surface area (Å²) < 4.78 is 31.2. The van der Waals surface area contributed by atoms with E-state index in [1.807, 2.05) is 11.9 Å². The van der Waals surface area contributed by atoms with Crippen LogP contribution in [0.3, 0.4) is 0 Å². The first-order chi connectivity index (χ1) is 9.04. The maximum atomic E-state index is 13.4. The molecule has 2 N–H and O–H groups in total. The quantitative estimate of drug-likeness (QED) is 0.902. The van der Waals surface area contributed by atoms with Crippen LogP contribution in [0, 0.1) is 11.6 Å². The fraction of sp³-hybridized carbons (Fsp3) is 0.308. The highest BCUT2D eigenvalue weighted by molar-refractivity contribution is 5.26. The molecule has 0 unspecified atom stereocenters. The van der Waals surface area contributed by atoms with E-state index in [9.17, 15) is 8.78 Å². The van der Waals surface area contributed by atoms with Crippen molar-refractivity contribution < 1.29 is 13.3 Å². The first kappa shape index (κ1) is 13.5. The lowest BCUT2D eigenvalue weighted by atomic mass is 10.1. The molecule has 2 aromatic rings. The molecule has 0 amide bonds. The van der Waals surface area contributed by atoms with E-state index in [-0.39, 0.29) is 0 Å². The van der Waals surface area contributed by atoms with Crippen LogP contribution < -0.4 is 5.73 Å². The van der Waals surface area contributed by atoms with Crippen LogP contribution in [0.2, 0.25) is 0 Å². The van der Waals surface area contributed by atoms with Gasteiger partial charge < -0.3 is 10.3 Å². The smallest absolute Gasteiger partial charge is 0.167 e. The van der Waals surface area contributed by atoms with Crippen molar-refractivity contribution in [3.8, 4) is 0 Å². The van der Waals surface area contributed by atoms with Gasteiger partial charge in [-0.1, -0.05) is 11.2 Å². The molecule has 0 spiro atoms. The van der Waals surface area contributed by atoms with E-state index in [0.717, 1.165) is 6.07 Å². The first-order valence-electron chi connectivity index (χ1n) is 5.88. The standard InChI is InChI=1S/C13H15F2N3O/c1-18(8-11-7-13(16)17-19-11)5-4-9-2-3-10(14)6-12(9)15/h2-3,6-7H,4-5,8H2,1H3,(H2,16,17). The summed E-state index contributed by atoms with van der Waals surface area (Å²) in [5.41, 5.74) is 5.94. The molecule has 102 valence electrons. The average molecular weight is 267 g/mol. The average Bonchev–Trinajstić information content (AvgIpc) is 2.73. The van der Waals surface area contributed by atoms with Gasteiger partial charge in [0.2, 0.25) is 0 Å². The van der Waals surface area contributed by atoms with Gasteiger partial charge >= 0.3 is 0 Å². The van der Waals surface area contributed by atoms with Crippen molar-refractivity contribution in [1.29, 1.82) is 0 Å². The highest BCUT2D eigenvalue weighted by Crippen LogP contribution is 2.12. The molecule has 6 heteroatoms. The number of nitrogens with two attached hydrogens (primary N) is 1. The lowest BCUT2D eigenvalue weighted by Crippen LogP contribution is -2.20. The van der Waals surface area contributed by atoms with Gasteiger partial charge in [0.15, 0.2) is 11.6 Å². The minimum atomic E-state index is -0.563. The number of nitrogens with zero attached hydrogens (tertiary/aromatic N) is 2. The molecule has 0 saturated carbocycles. The molecule has 1 aromatic carbocycles. The lowest BCUT2D eigenvalue weighted by molar-refractivity contribution is 0.275. The van der Waals surface area contributed by atoms with E-state index < -0.39 is 11.6 Å². The van der Waals surface area contributed by atoms with Crippen molar-refractivity contribution in [1.82, 2.24) is 10.1 Å². The fourth-order valence-corrected chi connectivity index (χ4v) is 1.78. The van der Waals surface area contributed by atoms with Crippen LogP contribution in [0.1, 0.15) is 11.3 Å². The number of nitrogen functional groups attached to an aromatic ring is 1. The molecule has 0 radical (unpaired) electrons. The molecule has 0 atom stereocenters. The summed E-state index contributed by atoms with van der Waals surface area (Å²) in [6.07, 6.45) is 0.492. The van der Waals surface area contributed by atoms with Gasteiger partial charge in [0.25, 0.3) is 0 Å². The van der Waals surface area contributed by atoms with Crippen LogP contribution in [0.25, 0.3) is 0 Å². The Bertz CT molecular complexity index is 557. The zero-order valence-electron chi connectivity index (χ0n) is 10.6. The summed E-state index contributed by atoms with van der Waals surface area (Å²) in [4.78, 5) is 1.95. The van der Waals surface area contributed by atoms with Gasteiger partial charge in [-0.3, -0.25) is 4.90 Å². The molecule has 1 aromatic heterocycles. The third kappa shape index (κ3) is 3.75. The van der Waals surface area contributed by atoms with Crippen LogP contribution >= 0.6 is 0 Å². The van der Waals surface area contributed by atoms with Crippen LogP contribution in [0.4, 0.5) is 14.6 Å². The number of hydrogen-bond donors (Lipinski definition) is 1. The Morgan fingerprint density at radius 2 is 2.11 bits per heavy atom. The highest BCUT2D eigenvalue weighted by atomic mass is 19.1. The lowest BCUT2D eigenvalue weighted by Gasteiger charge is -2.14. The van der Waals surface area contributed by atoms with Crippen LogP contribution in [-0.2, 0) is 13.0 Å². The van der Waals surface area contributed by atoms with Gasteiger partial charge in [-0.15, -0.1) is 0 Å². The second kappa shape index (κ2) is 5.79. The number of hydrogen-bond acceptors (Lipinski definition) is 4. The summed E-state index contributed by atoms with van der Waals surface area (Å²) >= 11 is 0. The molecule has 4 nitrogen and oxygen atoms in total. The van der Waals surface area contributed by atoms with Gasteiger partial charge in [0, 0.05) is 18.7 Å². The van der Waals surface area contributed by atoms with Crippen molar-refractivity contribution in [2.24, 2.45) is 0 Å². The van der Waals surface area contributed by atoms with Crippen LogP contribution in [-0.4, -0.2) is 23.6 Å². The Kier molecular flexibility index (Phi) is 4.11. The normalized spacial score (nSPS) is 11.2. The number of likely N-dealkylation sites (N-methyl/N-ethyl adjacent to an activating group) is 1. The van der Waals surface area contributed by atoms with Crippen LogP contribution in [0.15, 0.2) is 28.8 Å². The molecule has 0 fully saturated rings. The van der Waals surface area contributed by atoms with E-state index in [1.54, 1.807) is 6.07 Å². The van der Waals surface area contributed by atoms with E-state index in [1.165, 1.54) is 12.1 Å². The van der Waals surface area contributed by atoms with E-state index in [2.05, 4.69) is 5.16 Å². The fourth-order valence-electron chi connectivity index (χ4n) is 1.78. The van der Waals surface area contributed by atoms with Crippen molar-refractivity contribution in [3.63, 3.8) is 0 Å². The van der Waals surface area contributed by atoms with Crippen molar-refractivity contribution >= 4 is 5.82 Å². The molecule has 0 aliphatic heterocycles. The zero-order chi connectivity index (χ0) is 13.8. The van der Waals surface area contributed by atoms with Gasteiger partial charge in [-0.25, -0.2) is 8.78 Å². The number of rotatable bonds is 5. The Balaban J connectivity index is 1.87. The number of anilines is 1. The Labute approximate surface area is 109 Å². The molecule has 0 aliphatic carbocycles. The minimum Gasteiger partial charge on any atom is -0.381 e. The predicted octanol–water partition coefficient (Wildman–Crippen LogP) is 2.21. The summed E-state index contributed by atoms with van der Waals surface area (Å²) in [6.45, 7) is 1.15. The molecule has 0 aliphatic rings. The maximum Gasteiger partial charge on any atom is 0.167 e. The molecule has 1 heterocycles.